The number of carbonyl (C=O) groups excluding carboxylic acids is 2. The van der Waals surface area contributed by atoms with Gasteiger partial charge in [0.05, 0.1) is 9.85 Å². The van der Waals surface area contributed by atoms with Crippen LogP contribution >= 0.6 is 0 Å². The van der Waals surface area contributed by atoms with E-state index < -0.39 is 21.7 Å². The van der Waals surface area contributed by atoms with E-state index in [1.807, 2.05) is 0 Å². The maximum Gasteiger partial charge on any atom is 0.305 e. The molecule has 0 aliphatic carbocycles. The number of hydrogen-bond donors (Lipinski definition) is 2. The van der Waals surface area contributed by atoms with E-state index in [-0.39, 0.29) is 22.9 Å². The van der Waals surface area contributed by atoms with E-state index in [0.29, 0.717) is 22.6 Å². The topological polar surface area (TPSA) is 171 Å². The molecule has 0 aliphatic heterocycles. The van der Waals surface area contributed by atoms with Crippen molar-refractivity contribution in [2.75, 3.05) is 0 Å². The Morgan fingerprint density at radius 3 is 1.94 bits per heavy atom. The summed E-state index contributed by atoms with van der Waals surface area (Å²) in [5.74, 6) is -0.586. The van der Waals surface area contributed by atoms with Gasteiger partial charge in [-0.25, -0.2) is 0 Å². The lowest BCUT2D eigenvalue weighted by molar-refractivity contribution is -0.385. The largest absolute Gasteiger partial charge is 0.457 e. The van der Waals surface area contributed by atoms with E-state index in [9.17, 15) is 29.8 Å². The molecule has 2 amide bonds. The number of nitro benzene ring substituents is 2. The van der Waals surface area contributed by atoms with Crippen molar-refractivity contribution in [2.45, 2.75) is 0 Å². The SMILES string of the molecule is O=C(C=Cc1ccc(-c2cccc([N+](=O)[O-])c2)o1)NNC(=O)c1ccc(-c2cccc([N+](=O)[O-])c2)o1. The molecule has 2 aromatic heterocycles. The lowest BCUT2D eigenvalue weighted by atomic mass is 10.1. The second-order valence-electron chi connectivity index (χ2n) is 7.26. The number of hydrazine groups is 1. The zero-order chi connectivity index (χ0) is 25.7. The summed E-state index contributed by atoms with van der Waals surface area (Å²) < 4.78 is 11.0. The lowest BCUT2D eigenvalue weighted by Gasteiger charge is -2.03. The van der Waals surface area contributed by atoms with Crippen LogP contribution in [-0.4, -0.2) is 21.7 Å². The second kappa shape index (κ2) is 10.2. The number of benzene rings is 2. The van der Waals surface area contributed by atoms with Crippen LogP contribution in [0.2, 0.25) is 0 Å². The highest BCUT2D eigenvalue weighted by molar-refractivity contribution is 5.96. The van der Waals surface area contributed by atoms with Gasteiger partial charge in [0.25, 0.3) is 17.3 Å². The Labute approximate surface area is 202 Å². The highest BCUT2D eigenvalue weighted by atomic mass is 16.6. The van der Waals surface area contributed by atoms with Gasteiger partial charge in [-0.1, -0.05) is 24.3 Å². The fourth-order valence-electron chi connectivity index (χ4n) is 3.14. The molecule has 12 nitrogen and oxygen atoms in total. The summed E-state index contributed by atoms with van der Waals surface area (Å²) in [5, 5.41) is 21.9. The molecule has 180 valence electrons. The predicted molar refractivity (Wildman–Crippen MR) is 126 cm³/mol. The smallest absolute Gasteiger partial charge is 0.305 e. The van der Waals surface area contributed by atoms with Gasteiger partial charge < -0.3 is 8.83 Å². The fourth-order valence-corrected chi connectivity index (χ4v) is 3.14. The monoisotopic (exact) mass is 488 g/mol. The number of non-ortho nitro benzene ring substituents is 2. The minimum Gasteiger partial charge on any atom is -0.457 e. The van der Waals surface area contributed by atoms with Crippen LogP contribution in [0.3, 0.4) is 0 Å². The summed E-state index contributed by atoms with van der Waals surface area (Å²) in [5.41, 5.74) is 5.10. The first-order valence-corrected chi connectivity index (χ1v) is 10.3. The number of nitro groups is 2. The molecule has 0 aliphatic rings. The van der Waals surface area contributed by atoms with Crippen LogP contribution in [0.15, 0.2) is 87.7 Å². The van der Waals surface area contributed by atoms with Gasteiger partial charge >= 0.3 is 5.91 Å². The summed E-state index contributed by atoms with van der Waals surface area (Å²) in [6, 6.07) is 17.7. The molecule has 0 saturated carbocycles. The normalized spacial score (nSPS) is 10.8. The Kier molecular flexibility index (Phi) is 6.68. The Hall–Kier alpha value is -5.52. The van der Waals surface area contributed by atoms with Gasteiger partial charge in [0.2, 0.25) is 0 Å². The number of furan rings is 2. The third-order valence-corrected chi connectivity index (χ3v) is 4.84. The van der Waals surface area contributed by atoms with Crippen molar-refractivity contribution in [1.82, 2.24) is 10.9 Å². The zero-order valence-electron chi connectivity index (χ0n) is 18.2. The van der Waals surface area contributed by atoms with Crippen molar-refractivity contribution in [3.63, 3.8) is 0 Å². The minimum atomic E-state index is -0.737. The molecule has 0 unspecified atom stereocenters. The minimum absolute atomic E-state index is 0.0788. The third kappa shape index (κ3) is 5.51. The average Bonchev–Trinajstić information content (AvgIpc) is 3.56. The maximum atomic E-state index is 12.3. The second-order valence-corrected chi connectivity index (χ2v) is 7.26. The number of carbonyl (C=O) groups is 2. The first kappa shape index (κ1) is 23.6. The maximum absolute atomic E-state index is 12.3. The molecule has 4 aromatic rings. The van der Waals surface area contributed by atoms with Gasteiger partial charge in [-0.3, -0.25) is 40.7 Å². The van der Waals surface area contributed by atoms with Crippen LogP contribution in [0.5, 0.6) is 0 Å². The van der Waals surface area contributed by atoms with Crippen LogP contribution in [0.1, 0.15) is 16.3 Å². The van der Waals surface area contributed by atoms with Crippen LogP contribution in [0.25, 0.3) is 28.7 Å². The molecular weight excluding hydrogens is 472 g/mol. The summed E-state index contributed by atoms with van der Waals surface area (Å²) in [6.07, 6.45) is 2.47. The van der Waals surface area contributed by atoms with E-state index >= 15 is 0 Å². The summed E-state index contributed by atoms with van der Waals surface area (Å²) >= 11 is 0. The first-order valence-electron chi connectivity index (χ1n) is 10.3. The molecule has 36 heavy (non-hydrogen) atoms. The van der Waals surface area contributed by atoms with Gasteiger partial charge in [0.15, 0.2) is 5.76 Å². The first-order chi connectivity index (χ1) is 17.3. The van der Waals surface area contributed by atoms with E-state index in [0.717, 1.165) is 6.08 Å². The molecule has 0 atom stereocenters. The number of nitrogens with one attached hydrogen (secondary N) is 2. The molecule has 0 radical (unpaired) electrons. The fraction of sp³-hybridized carbons (Fsp3) is 0. The highest BCUT2D eigenvalue weighted by Crippen LogP contribution is 2.27. The van der Waals surface area contributed by atoms with Crippen molar-refractivity contribution in [3.05, 3.63) is 111 Å². The van der Waals surface area contributed by atoms with Gasteiger partial charge in [0.1, 0.15) is 17.3 Å². The van der Waals surface area contributed by atoms with Gasteiger partial charge in [-0.15, -0.1) is 0 Å². The van der Waals surface area contributed by atoms with Gasteiger partial charge in [0, 0.05) is 41.5 Å². The number of hydrogen-bond acceptors (Lipinski definition) is 8. The molecule has 0 fully saturated rings. The molecule has 4 rings (SSSR count). The van der Waals surface area contributed by atoms with Crippen LogP contribution in [0.4, 0.5) is 11.4 Å². The van der Waals surface area contributed by atoms with E-state index in [1.165, 1.54) is 54.6 Å². The van der Waals surface area contributed by atoms with Crippen molar-refractivity contribution >= 4 is 29.3 Å². The molecule has 2 aromatic carbocycles. The summed E-state index contributed by atoms with van der Waals surface area (Å²) in [7, 11) is 0. The number of rotatable bonds is 7. The molecule has 0 spiro atoms. The van der Waals surface area contributed by atoms with Crippen LogP contribution in [-0.2, 0) is 4.79 Å². The van der Waals surface area contributed by atoms with Crippen molar-refractivity contribution in [1.29, 1.82) is 0 Å². The average molecular weight is 488 g/mol. The summed E-state index contributed by atoms with van der Waals surface area (Å²) in [4.78, 5) is 45.1. The molecule has 2 N–H and O–H groups in total. The zero-order valence-corrected chi connectivity index (χ0v) is 18.2. The highest BCUT2D eigenvalue weighted by Gasteiger charge is 2.15. The predicted octanol–water partition coefficient (Wildman–Crippen LogP) is 4.50. The van der Waals surface area contributed by atoms with Gasteiger partial charge in [-0.2, -0.15) is 0 Å². The van der Waals surface area contributed by atoms with Crippen molar-refractivity contribution in [2.24, 2.45) is 0 Å². The Morgan fingerprint density at radius 1 is 0.750 bits per heavy atom. The van der Waals surface area contributed by atoms with Crippen molar-refractivity contribution < 1.29 is 28.3 Å². The molecule has 12 heteroatoms. The molecular formula is C24H16N4O8. The van der Waals surface area contributed by atoms with E-state index in [2.05, 4.69) is 10.9 Å². The van der Waals surface area contributed by atoms with Crippen LogP contribution in [0, 0.1) is 20.2 Å². The molecule has 2 heterocycles. The molecule has 0 bridgehead atoms. The van der Waals surface area contributed by atoms with Crippen LogP contribution < -0.4 is 10.9 Å². The Bertz CT molecular complexity index is 1500. The van der Waals surface area contributed by atoms with Crippen molar-refractivity contribution in [3.8, 4) is 22.6 Å². The van der Waals surface area contributed by atoms with Gasteiger partial charge in [-0.05, 0) is 30.3 Å². The Morgan fingerprint density at radius 2 is 1.33 bits per heavy atom. The lowest BCUT2D eigenvalue weighted by Crippen LogP contribution is -2.40. The number of nitrogens with zero attached hydrogens (tertiary/aromatic N) is 2. The molecule has 0 saturated heterocycles. The summed E-state index contributed by atoms with van der Waals surface area (Å²) in [6.45, 7) is 0. The number of amides is 2. The third-order valence-electron chi connectivity index (χ3n) is 4.84. The quantitative estimate of drug-likeness (QED) is 0.217. The van der Waals surface area contributed by atoms with E-state index in [1.54, 1.807) is 24.3 Å². The van der Waals surface area contributed by atoms with E-state index in [4.69, 9.17) is 8.83 Å². The standard InChI is InChI=1S/C24H16N4O8/c29-23(12-8-19-7-9-20(35-19)15-3-1-5-17(13-15)27(31)32)25-26-24(30)22-11-10-21(36-22)16-4-2-6-18(14-16)28(33)34/h1-14H,(H,25,29)(H,26,30). The Balaban J connectivity index is 1.34.